The maximum absolute atomic E-state index is 13.3. The highest BCUT2D eigenvalue weighted by molar-refractivity contribution is 7.89. The monoisotopic (exact) mass is 400 g/mol. The van der Waals surface area contributed by atoms with Gasteiger partial charge < -0.3 is 0 Å². The molecule has 0 saturated carbocycles. The quantitative estimate of drug-likeness (QED) is 0.524. The molecule has 0 spiro atoms. The molecule has 1 aromatic carbocycles. The molecular weight excluding hydrogens is 384 g/mol. The summed E-state index contributed by atoms with van der Waals surface area (Å²) in [5.74, 6) is 0.803. The molecule has 1 aliphatic rings. The molecule has 27 heavy (non-hydrogen) atoms. The second-order valence-electron chi connectivity index (χ2n) is 6.58. The lowest BCUT2D eigenvalue weighted by atomic mass is 9.99. The molecule has 5 rings (SSSR count). The van der Waals surface area contributed by atoms with Crippen LogP contribution >= 0.6 is 11.7 Å². The molecule has 0 aliphatic carbocycles. The molecule has 8 nitrogen and oxygen atoms in total. The topological polar surface area (TPSA) is 93.4 Å². The van der Waals surface area contributed by atoms with Crippen molar-refractivity contribution in [3.05, 3.63) is 48.4 Å². The van der Waals surface area contributed by atoms with Crippen LogP contribution in [-0.4, -0.2) is 49.2 Å². The molecule has 4 heterocycles. The third kappa shape index (κ3) is 2.71. The predicted octanol–water partition coefficient (Wildman–Crippen LogP) is 2.30. The summed E-state index contributed by atoms with van der Waals surface area (Å²) in [5, 5.41) is 8.52. The standard InChI is InChI=1S/C17H16N6O2S2/c24-27(25,14-7-3-6-13-16(14)21-26-20-13)22-9-4-5-12(11-22)17-19-18-15-8-1-2-10-23(15)17/h1-3,6-8,10,12H,4-5,9,11H2/t12-/m0/s1. The molecule has 138 valence electrons. The Morgan fingerprint density at radius 3 is 2.93 bits per heavy atom. The van der Waals surface area contributed by atoms with Gasteiger partial charge in [0.25, 0.3) is 0 Å². The van der Waals surface area contributed by atoms with Gasteiger partial charge in [0.05, 0.1) is 11.7 Å². The summed E-state index contributed by atoms with van der Waals surface area (Å²) in [5.41, 5.74) is 1.82. The normalized spacial score (nSPS) is 19.0. The zero-order chi connectivity index (χ0) is 18.4. The third-order valence-electron chi connectivity index (χ3n) is 4.96. The van der Waals surface area contributed by atoms with E-state index in [1.54, 1.807) is 22.5 Å². The number of sulfonamides is 1. The first kappa shape index (κ1) is 16.7. The first-order valence-corrected chi connectivity index (χ1v) is 10.8. The number of pyridine rings is 1. The molecule has 0 unspecified atom stereocenters. The van der Waals surface area contributed by atoms with Crippen molar-refractivity contribution in [2.24, 2.45) is 0 Å². The number of piperidine rings is 1. The van der Waals surface area contributed by atoms with Gasteiger partial charge in [0, 0.05) is 25.2 Å². The molecule has 1 aliphatic heterocycles. The zero-order valence-corrected chi connectivity index (χ0v) is 15.9. The van der Waals surface area contributed by atoms with E-state index in [1.807, 2.05) is 28.8 Å². The van der Waals surface area contributed by atoms with Gasteiger partial charge in [-0.15, -0.1) is 10.2 Å². The van der Waals surface area contributed by atoms with Crippen LogP contribution in [0.2, 0.25) is 0 Å². The molecule has 0 bridgehead atoms. The van der Waals surface area contributed by atoms with Gasteiger partial charge in [0.2, 0.25) is 10.0 Å². The average Bonchev–Trinajstić information content (AvgIpc) is 3.34. The van der Waals surface area contributed by atoms with E-state index in [-0.39, 0.29) is 10.8 Å². The number of nitrogens with zero attached hydrogens (tertiary/aromatic N) is 6. The van der Waals surface area contributed by atoms with Crippen LogP contribution in [0.3, 0.4) is 0 Å². The fourth-order valence-electron chi connectivity index (χ4n) is 3.64. The summed E-state index contributed by atoms with van der Waals surface area (Å²) in [6.45, 7) is 0.871. The van der Waals surface area contributed by atoms with Crippen molar-refractivity contribution in [1.82, 2.24) is 27.7 Å². The van der Waals surface area contributed by atoms with Gasteiger partial charge in [0.1, 0.15) is 21.8 Å². The largest absolute Gasteiger partial charge is 0.286 e. The van der Waals surface area contributed by atoms with Crippen molar-refractivity contribution in [2.45, 2.75) is 23.7 Å². The van der Waals surface area contributed by atoms with Crippen LogP contribution in [-0.2, 0) is 10.0 Å². The fraction of sp³-hybridized carbons (Fsp3) is 0.294. The second-order valence-corrected chi connectivity index (χ2v) is 9.01. The van der Waals surface area contributed by atoms with Gasteiger partial charge in [0.15, 0.2) is 5.65 Å². The second kappa shape index (κ2) is 6.32. The average molecular weight is 400 g/mol. The lowest BCUT2D eigenvalue weighted by Gasteiger charge is -2.31. The molecule has 0 radical (unpaired) electrons. The van der Waals surface area contributed by atoms with Crippen LogP contribution in [0, 0.1) is 0 Å². The van der Waals surface area contributed by atoms with Gasteiger partial charge in [-0.1, -0.05) is 12.1 Å². The summed E-state index contributed by atoms with van der Waals surface area (Å²) in [4.78, 5) is 0.223. The summed E-state index contributed by atoms with van der Waals surface area (Å²) in [6.07, 6.45) is 3.57. The van der Waals surface area contributed by atoms with Crippen LogP contribution in [0.15, 0.2) is 47.5 Å². The molecule has 0 amide bonds. The van der Waals surface area contributed by atoms with Crippen LogP contribution < -0.4 is 0 Å². The van der Waals surface area contributed by atoms with Crippen LogP contribution in [0.5, 0.6) is 0 Å². The lowest BCUT2D eigenvalue weighted by molar-refractivity contribution is 0.308. The maximum Gasteiger partial charge on any atom is 0.245 e. The lowest BCUT2D eigenvalue weighted by Crippen LogP contribution is -2.39. The van der Waals surface area contributed by atoms with E-state index in [1.165, 1.54) is 0 Å². The van der Waals surface area contributed by atoms with Gasteiger partial charge in [-0.05, 0) is 37.1 Å². The van der Waals surface area contributed by atoms with Crippen molar-refractivity contribution in [3.63, 3.8) is 0 Å². The van der Waals surface area contributed by atoms with E-state index in [2.05, 4.69) is 18.9 Å². The fourth-order valence-corrected chi connectivity index (χ4v) is 5.91. The molecule has 4 aromatic rings. The van der Waals surface area contributed by atoms with Crippen molar-refractivity contribution >= 4 is 38.4 Å². The number of benzene rings is 1. The van der Waals surface area contributed by atoms with E-state index in [0.717, 1.165) is 36.0 Å². The minimum atomic E-state index is -3.66. The molecule has 1 saturated heterocycles. The Morgan fingerprint density at radius 1 is 1.07 bits per heavy atom. The minimum Gasteiger partial charge on any atom is -0.286 e. The number of rotatable bonds is 3. The molecule has 10 heteroatoms. The Bertz CT molecular complexity index is 1230. The summed E-state index contributed by atoms with van der Waals surface area (Å²) >= 11 is 1.03. The third-order valence-corrected chi connectivity index (χ3v) is 7.40. The first-order valence-electron chi connectivity index (χ1n) is 8.66. The highest BCUT2D eigenvalue weighted by Crippen LogP contribution is 2.31. The van der Waals surface area contributed by atoms with E-state index >= 15 is 0 Å². The molecular formula is C17H16N6O2S2. The smallest absolute Gasteiger partial charge is 0.245 e. The maximum atomic E-state index is 13.3. The first-order chi connectivity index (χ1) is 13.1. The van der Waals surface area contributed by atoms with Crippen molar-refractivity contribution in [3.8, 4) is 0 Å². The number of aromatic nitrogens is 5. The molecule has 3 aromatic heterocycles. The Labute approximate surface area is 159 Å². The minimum absolute atomic E-state index is 0.00122. The number of hydrogen-bond acceptors (Lipinski definition) is 7. The van der Waals surface area contributed by atoms with E-state index in [9.17, 15) is 8.42 Å². The Hall–Kier alpha value is -2.43. The Kier molecular flexibility index (Phi) is 3.92. The molecule has 1 atom stereocenters. The number of hydrogen-bond donors (Lipinski definition) is 0. The summed E-state index contributed by atoms with van der Waals surface area (Å²) < 4.78 is 38.4. The highest BCUT2D eigenvalue weighted by Gasteiger charge is 2.34. The van der Waals surface area contributed by atoms with Gasteiger partial charge >= 0.3 is 0 Å². The zero-order valence-electron chi connectivity index (χ0n) is 14.3. The van der Waals surface area contributed by atoms with Crippen LogP contribution in [0.25, 0.3) is 16.7 Å². The van der Waals surface area contributed by atoms with Gasteiger partial charge in [-0.25, -0.2) is 8.42 Å². The Balaban J connectivity index is 1.51. The van der Waals surface area contributed by atoms with Crippen molar-refractivity contribution < 1.29 is 8.42 Å². The summed E-state index contributed by atoms with van der Waals surface area (Å²) in [7, 11) is -3.66. The number of fused-ring (bicyclic) bond motifs is 2. The van der Waals surface area contributed by atoms with Gasteiger partial charge in [-0.2, -0.15) is 13.1 Å². The van der Waals surface area contributed by atoms with Gasteiger partial charge in [-0.3, -0.25) is 4.40 Å². The van der Waals surface area contributed by atoms with E-state index in [0.29, 0.717) is 24.1 Å². The van der Waals surface area contributed by atoms with E-state index < -0.39 is 10.0 Å². The molecule has 1 fully saturated rings. The Morgan fingerprint density at radius 2 is 2.00 bits per heavy atom. The molecule has 0 N–H and O–H groups in total. The van der Waals surface area contributed by atoms with Crippen molar-refractivity contribution in [2.75, 3.05) is 13.1 Å². The van der Waals surface area contributed by atoms with Crippen molar-refractivity contribution in [1.29, 1.82) is 0 Å². The highest BCUT2D eigenvalue weighted by atomic mass is 32.2. The van der Waals surface area contributed by atoms with Crippen LogP contribution in [0.4, 0.5) is 0 Å². The van der Waals surface area contributed by atoms with E-state index in [4.69, 9.17) is 0 Å². The summed E-state index contributed by atoms with van der Waals surface area (Å²) in [6, 6.07) is 10.8. The predicted molar refractivity (Wildman–Crippen MR) is 101 cm³/mol. The van der Waals surface area contributed by atoms with Crippen LogP contribution in [0.1, 0.15) is 24.6 Å². The SMILES string of the molecule is O=S(=O)(c1cccc2nsnc12)N1CCC[C@H](c2nnc3ccccn23)C1.